The van der Waals surface area contributed by atoms with E-state index in [9.17, 15) is 9.59 Å². The first-order chi connectivity index (χ1) is 14.3. The quantitative estimate of drug-likeness (QED) is 0.523. The number of nitrogens with two attached hydrogens (primary N) is 1. The number of likely N-dealkylation sites (tertiary alicyclic amines) is 1. The minimum atomic E-state index is -0.702. The minimum Gasteiger partial charge on any atom is -0.477 e. The number of halogens is 1. The molecule has 30 heavy (non-hydrogen) atoms. The number of rotatable bonds is 6. The molecule has 1 aliphatic heterocycles. The third-order valence-corrected chi connectivity index (χ3v) is 4.98. The molecule has 0 bridgehead atoms. The molecule has 0 spiro atoms. The van der Waals surface area contributed by atoms with Crippen molar-refractivity contribution in [2.75, 3.05) is 26.0 Å². The van der Waals surface area contributed by atoms with Crippen molar-refractivity contribution in [3.8, 4) is 17.6 Å². The van der Waals surface area contributed by atoms with Crippen LogP contribution in [0.4, 0.5) is 10.5 Å². The number of nitrogens with one attached hydrogen (secondary N) is 1. The molecule has 1 unspecified atom stereocenters. The molecule has 1 fully saturated rings. The van der Waals surface area contributed by atoms with Gasteiger partial charge in [-0.3, -0.25) is 9.69 Å². The molecule has 3 atom stereocenters. The summed E-state index contributed by atoms with van der Waals surface area (Å²) >= 11 is 6.15. The van der Waals surface area contributed by atoms with E-state index in [1.807, 2.05) is 0 Å². The average molecular weight is 438 g/mol. The molecule has 0 radical (unpaired) electrons. The Hall–Kier alpha value is -2.63. The summed E-state index contributed by atoms with van der Waals surface area (Å²) in [6.07, 6.45) is -0.633. The first kappa shape index (κ1) is 23.6. The Kier molecular flexibility index (Phi) is 8.63. The second-order valence-electron chi connectivity index (χ2n) is 6.75. The second kappa shape index (κ2) is 11.0. The van der Waals surface area contributed by atoms with E-state index in [1.54, 1.807) is 20.8 Å². The van der Waals surface area contributed by atoms with Gasteiger partial charge in [-0.25, -0.2) is 4.79 Å². The number of carbonyl (C=O) groups excluding carboxylic acids is 2. The Labute approximate surface area is 182 Å². The van der Waals surface area contributed by atoms with Gasteiger partial charge >= 0.3 is 6.09 Å². The number of nitrogens with zero attached hydrogens (tertiary/aromatic N) is 1. The third-order valence-electron chi connectivity index (χ3n) is 4.65. The summed E-state index contributed by atoms with van der Waals surface area (Å²) in [5.41, 5.74) is 6.35. The van der Waals surface area contributed by atoms with Gasteiger partial charge in [0, 0.05) is 19.7 Å². The molecule has 9 heteroatoms. The molecule has 1 aromatic carbocycles. The molecule has 164 valence electrons. The van der Waals surface area contributed by atoms with E-state index in [1.165, 1.54) is 24.1 Å². The summed E-state index contributed by atoms with van der Waals surface area (Å²) in [7, 11) is 1.54. The zero-order valence-corrected chi connectivity index (χ0v) is 18.4. The summed E-state index contributed by atoms with van der Waals surface area (Å²) < 4.78 is 16.4. The highest BCUT2D eigenvalue weighted by Gasteiger charge is 2.37. The molecular formula is C21H28ClN3O5. The fraction of sp³-hybridized carbons (Fsp3) is 0.524. The molecule has 0 saturated carbocycles. The van der Waals surface area contributed by atoms with Crippen LogP contribution >= 0.6 is 11.6 Å². The number of methoxy groups -OCH3 is 1. The minimum absolute atomic E-state index is 0.184. The molecule has 0 aromatic heterocycles. The van der Waals surface area contributed by atoms with Gasteiger partial charge in [0.1, 0.15) is 11.9 Å². The Morgan fingerprint density at radius 3 is 2.80 bits per heavy atom. The fourth-order valence-electron chi connectivity index (χ4n) is 3.27. The van der Waals surface area contributed by atoms with Gasteiger partial charge in [0.05, 0.1) is 29.0 Å². The van der Waals surface area contributed by atoms with Gasteiger partial charge in [0.15, 0.2) is 6.10 Å². The summed E-state index contributed by atoms with van der Waals surface area (Å²) in [6.45, 7) is 5.85. The summed E-state index contributed by atoms with van der Waals surface area (Å²) in [5.74, 6) is 5.39. The fourth-order valence-corrected chi connectivity index (χ4v) is 3.43. The standard InChI is InChI=1S/C21H28ClN3O5/c1-5-8-13(3)30-18-12-16(23)15(22)11-14(18)20(26)24-19-17(28-4)9-7-10-25(19)21(27)29-6-2/h11-13,17,19H,6-7,9-10,23H2,1-4H3,(H,24,26)/t13?,17-,19+/m0/s1. The summed E-state index contributed by atoms with van der Waals surface area (Å²) in [5, 5.41) is 3.08. The van der Waals surface area contributed by atoms with Gasteiger partial charge in [-0.15, -0.1) is 5.92 Å². The number of piperidine rings is 1. The van der Waals surface area contributed by atoms with Crippen LogP contribution in [0, 0.1) is 11.8 Å². The third kappa shape index (κ3) is 5.71. The van der Waals surface area contributed by atoms with Crippen molar-refractivity contribution in [3.63, 3.8) is 0 Å². The number of hydrogen-bond acceptors (Lipinski definition) is 6. The zero-order chi connectivity index (χ0) is 22.3. The van der Waals surface area contributed by atoms with Crippen molar-refractivity contribution in [3.05, 3.63) is 22.7 Å². The van der Waals surface area contributed by atoms with E-state index in [0.29, 0.717) is 13.0 Å². The lowest BCUT2D eigenvalue weighted by Crippen LogP contribution is -2.60. The van der Waals surface area contributed by atoms with E-state index in [0.717, 1.165) is 6.42 Å². The molecule has 1 saturated heterocycles. The van der Waals surface area contributed by atoms with Gasteiger partial charge in [-0.2, -0.15) is 0 Å². The molecule has 1 aromatic rings. The highest BCUT2D eigenvalue weighted by molar-refractivity contribution is 6.33. The van der Waals surface area contributed by atoms with E-state index in [2.05, 4.69) is 17.2 Å². The van der Waals surface area contributed by atoms with Gasteiger partial charge < -0.3 is 25.3 Å². The van der Waals surface area contributed by atoms with Gasteiger partial charge in [-0.05, 0) is 39.7 Å². The van der Waals surface area contributed by atoms with Crippen LogP contribution in [0.2, 0.25) is 5.02 Å². The van der Waals surface area contributed by atoms with Crippen molar-refractivity contribution in [1.82, 2.24) is 10.2 Å². The lowest BCUT2D eigenvalue weighted by Gasteiger charge is -2.40. The van der Waals surface area contributed by atoms with Crippen LogP contribution in [0.25, 0.3) is 0 Å². The Morgan fingerprint density at radius 2 is 2.17 bits per heavy atom. The molecule has 8 nitrogen and oxygen atoms in total. The van der Waals surface area contributed by atoms with Crippen LogP contribution in [0.1, 0.15) is 44.0 Å². The van der Waals surface area contributed by atoms with Crippen molar-refractivity contribution in [2.24, 2.45) is 0 Å². The molecule has 1 heterocycles. The number of anilines is 1. The van der Waals surface area contributed by atoms with E-state index >= 15 is 0 Å². The Balaban J connectivity index is 2.34. The maximum absolute atomic E-state index is 13.2. The van der Waals surface area contributed by atoms with Crippen molar-refractivity contribution in [2.45, 2.75) is 52.0 Å². The molecule has 0 aliphatic carbocycles. The number of carbonyl (C=O) groups is 2. The normalized spacial score (nSPS) is 19.3. The molecule has 1 aliphatic rings. The topological polar surface area (TPSA) is 103 Å². The van der Waals surface area contributed by atoms with Crippen LogP contribution in [0.15, 0.2) is 12.1 Å². The smallest absolute Gasteiger partial charge is 0.411 e. The van der Waals surface area contributed by atoms with E-state index in [4.69, 9.17) is 31.5 Å². The van der Waals surface area contributed by atoms with Gasteiger partial charge in [0.2, 0.25) is 0 Å². The Bertz CT molecular complexity index is 836. The number of nitrogen functional groups attached to an aromatic ring is 1. The monoisotopic (exact) mass is 437 g/mol. The van der Waals surface area contributed by atoms with Crippen LogP contribution in [0.5, 0.6) is 5.75 Å². The average Bonchev–Trinajstić information content (AvgIpc) is 2.70. The molecule has 2 rings (SSSR count). The second-order valence-corrected chi connectivity index (χ2v) is 7.16. The number of hydrogen-bond donors (Lipinski definition) is 2. The van der Waals surface area contributed by atoms with Crippen LogP contribution < -0.4 is 15.8 Å². The first-order valence-corrected chi connectivity index (χ1v) is 10.1. The lowest BCUT2D eigenvalue weighted by molar-refractivity contribution is -0.0274. The van der Waals surface area contributed by atoms with Gasteiger partial charge in [-0.1, -0.05) is 17.5 Å². The molecule has 2 amide bonds. The maximum Gasteiger partial charge on any atom is 0.411 e. The van der Waals surface area contributed by atoms with Crippen LogP contribution in [-0.4, -0.2) is 55.5 Å². The number of amides is 2. The SMILES string of the molecule is CC#CC(C)Oc1cc(N)c(Cl)cc1C(=O)N[C@H]1[C@@H](OC)CCCN1C(=O)OCC. The zero-order valence-electron chi connectivity index (χ0n) is 17.7. The van der Waals surface area contributed by atoms with Crippen molar-refractivity contribution < 1.29 is 23.8 Å². The molecular weight excluding hydrogens is 410 g/mol. The van der Waals surface area contributed by atoms with Gasteiger partial charge in [0.25, 0.3) is 5.91 Å². The van der Waals surface area contributed by atoms with Crippen LogP contribution in [0.3, 0.4) is 0 Å². The largest absolute Gasteiger partial charge is 0.477 e. The number of benzene rings is 1. The predicted molar refractivity (Wildman–Crippen MR) is 114 cm³/mol. The summed E-state index contributed by atoms with van der Waals surface area (Å²) in [4.78, 5) is 27.0. The van der Waals surface area contributed by atoms with Crippen LogP contribution in [-0.2, 0) is 9.47 Å². The van der Waals surface area contributed by atoms with Crippen molar-refractivity contribution >= 4 is 29.3 Å². The highest BCUT2D eigenvalue weighted by Crippen LogP contribution is 2.30. The van der Waals surface area contributed by atoms with E-state index in [-0.39, 0.29) is 34.7 Å². The first-order valence-electron chi connectivity index (χ1n) is 9.77. The summed E-state index contributed by atoms with van der Waals surface area (Å²) in [6, 6.07) is 2.93. The Morgan fingerprint density at radius 1 is 1.43 bits per heavy atom. The number of ether oxygens (including phenoxy) is 3. The van der Waals surface area contributed by atoms with E-state index < -0.39 is 24.3 Å². The molecule has 3 N–H and O–H groups in total. The lowest BCUT2D eigenvalue weighted by atomic mass is 10.0. The highest BCUT2D eigenvalue weighted by atomic mass is 35.5. The predicted octanol–water partition coefficient (Wildman–Crippen LogP) is 3.04. The van der Waals surface area contributed by atoms with Crippen molar-refractivity contribution in [1.29, 1.82) is 0 Å². The maximum atomic E-state index is 13.2.